The van der Waals surface area contributed by atoms with Crippen LogP contribution in [0.1, 0.15) is 126 Å². The van der Waals surface area contributed by atoms with Gasteiger partial charge in [0.2, 0.25) is 0 Å². The molecule has 2 aliphatic rings. The number of halogens is 1. The Kier molecular flexibility index (Phi) is 15.0. The second-order valence-electron chi connectivity index (χ2n) is 14.1. The minimum Gasteiger partial charge on any atom is -0.299 e. The number of allylic oxidation sites excluding steroid dienone is 6. The lowest BCUT2D eigenvalue weighted by atomic mass is 9.81. The number of nitrogens with zero attached hydrogens (tertiary/aromatic N) is 1. The van der Waals surface area contributed by atoms with E-state index in [1.807, 2.05) is 6.07 Å². The molecule has 2 unspecified atom stereocenters. The molecule has 2 aliphatic carbocycles. The van der Waals surface area contributed by atoms with Crippen LogP contribution in [0.5, 0.6) is 0 Å². The molecule has 0 saturated heterocycles. The van der Waals surface area contributed by atoms with Crippen LogP contribution in [-0.2, 0) is 17.6 Å². The molecule has 2 aromatic carbocycles. The molecule has 2 aromatic rings. The number of aliphatic imine (C=N–C) groups is 1. The van der Waals surface area contributed by atoms with E-state index >= 15 is 0 Å². The first-order chi connectivity index (χ1) is 22.8. The number of carbonyl (C=O) groups excluding carboxylic acids is 1. The van der Waals surface area contributed by atoms with E-state index < -0.39 is 0 Å². The zero-order valence-corrected chi connectivity index (χ0v) is 30.4. The maximum atomic E-state index is 13.4. The normalized spacial score (nSPS) is 18.2. The minimum absolute atomic E-state index is 0.211. The third-order valence-electron chi connectivity index (χ3n) is 10.3. The number of benzene rings is 2. The van der Waals surface area contributed by atoms with Crippen molar-refractivity contribution in [3.8, 4) is 0 Å². The molecule has 4 rings (SSSR count). The van der Waals surface area contributed by atoms with Crippen LogP contribution in [0.25, 0.3) is 5.70 Å². The molecule has 0 aromatic heterocycles. The number of aryl methyl sites for hydroxylation is 2. The van der Waals surface area contributed by atoms with Gasteiger partial charge in [-0.05, 0) is 101 Å². The van der Waals surface area contributed by atoms with Crippen LogP contribution in [0.15, 0.2) is 89.5 Å². The minimum atomic E-state index is 0.211. The van der Waals surface area contributed by atoms with Crippen LogP contribution in [0.4, 0.5) is 0 Å². The van der Waals surface area contributed by atoms with E-state index in [-0.39, 0.29) is 11.8 Å². The van der Waals surface area contributed by atoms with Crippen LogP contribution >= 0.6 is 11.6 Å². The molecule has 0 radical (unpaired) electrons. The number of unbranched alkanes of at least 4 members (excludes halogenated alkanes) is 2. The van der Waals surface area contributed by atoms with E-state index in [0.717, 1.165) is 79.6 Å². The Morgan fingerprint density at radius 1 is 1.02 bits per heavy atom. The number of rotatable bonds is 17. The van der Waals surface area contributed by atoms with Gasteiger partial charge in [0.15, 0.2) is 0 Å². The zero-order valence-electron chi connectivity index (χ0n) is 29.6. The van der Waals surface area contributed by atoms with E-state index in [1.54, 1.807) is 0 Å². The number of Topliss-reactive ketones (excluding diaryl/α,β-unsaturated/α-hetero) is 1. The maximum Gasteiger partial charge on any atom is 0.135 e. The summed E-state index contributed by atoms with van der Waals surface area (Å²) >= 11 is 6.75. The quantitative estimate of drug-likeness (QED) is 0.0950. The molecule has 1 saturated carbocycles. The number of carbonyl (C=O) groups is 1. The molecule has 2 nitrogen and oxygen atoms in total. The fourth-order valence-electron chi connectivity index (χ4n) is 7.13. The summed E-state index contributed by atoms with van der Waals surface area (Å²) in [5.41, 5.74) is 9.63. The summed E-state index contributed by atoms with van der Waals surface area (Å²) in [7, 11) is 0. The van der Waals surface area contributed by atoms with Crippen molar-refractivity contribution in [1.82, 2.24) is 0 Å². The first-order valence-corrected chi connectivity index (χ1v) is 18.8. The lowest BCUT2D eigenvalue weighted by Crippen LogP contribution is -2.22. The third-order valence-corrected chi connectivity index (χ3v) is 10.6. The second kappa shape index (κ2) is 19.1. The van der Waals surface area contributed by atoms with E-state index in [4.69, 9.17) is 16.6 Å². The molecule has 3 heteroatoms. The average Bonchev–Trinajstić information content (AvgIpc) is 3.08. The van der Waals surface area contributed by atoms with Gasteiger partial charge in [-0.3, -0.25) is 9.79 Å². The number of hydrogen-bond acceptors (Lipinski definition) is 2. The predicted octanol–water partition coefficient (Wildman–Crippen LogP) is 12.8. The summed E-state index contributed by atoms with van der Waals surface area (Å²) in [6.45, 7) is 12.6. The fraction of sp³-hybridized carbons (Fsp3) is 0.500. The first-order valence-electron chi connectivity index (χ1n) is 18.4. The van der Waals surface area contributed by atoms with Gasteiger partial charge in [0, 0.05) is 35.4 Å². The van der Waals surface area contributed by atoms with Crippen molar-refractivity contribution in [2.75, 3.05) is 0 Å². The van der Waals surface area contributed by atoms with Gasteiger partial charge in [-0.1, -0.05) is 129 Å². The fourth-order valence-corrected chi connectivity index (χ4v) is 7.46. The lowest BCUT2D eigenvalue weighted by Gasteiger charge is -2.24. The SMILES string of the molecule is C=C(C)C1C=CC(CCc2ccc(CC(CCC(=O)C3CCCCC3)C(CCCCC)=N/C(=C\C)c3ccc(C)cc3Cl)cc2)=CC1. The summed E-state index contributed by atoms with van der Waals surface area (Å²) in [6, 6.07) is 15.5. The van der Waals surface area contributed by atoms with Gasteiger partial charge >= 0.3 is 0 Å². The number of hydrogen-bond donors (Lipinski definition) is 0. The highest BCUT2D eigenvalue weighted by molar-refractivity contribution is 6.32. The maximum absolute atomic E-state index is 13.4. The second-order valence-corrected chi connectivity index (χ2v) is 14.5. The van der Waals surface area contributed by atoms with Gasteiger partial charge in [0.05, 0.1) is 10.7 Å². The standard InChI is InChI=1S/C44H58ClNO/c1-6-8-10-15-43(46-42(7-2)40-28-16-33(5)30-41(40)45)39(27-29-44(47)38-13-11-9-12-14-38)31-36-21-19-34(20-22-36)17-18-35-23-25-37(26-24-35)32(3)4/h7,16,19-25,28,30,37-39H,3,6,8-15,17-18,26-27,29,31H2,1-2,4-5H3/b42-7-,46-43?. The largest absolute Gasteiger partial charge is 0.299 e. The van der Waals surface area contributed by atoms with Crippen molar-refractivity contribution in [2.24, 2.45) is 22.7 Å². The molecule has 0 amide bonds. The van der Waals surface area contributed by atoms with Crippen molar-refractivity contribution in [2.45, 2.75) is 124 Å². The Morgan fingerprint density at radius 3 is 2.40 bits per heavy atom. The Labute approximate surface area is 291 Å². The molecular formula is C44H58ClNO. The molecule has 47 heavy (non-hydrogen) atoms. The summed E-state index contributed by atoms with van der Waals surface area (Å²) < 4.78 is 0. The van der Waals surface area contributed by atoms with E-state index in [9.17, 15) is 4.79 Å². The van der Waals surface area contributed by atoms with E-state index in [0.29, 0.717) is 18.1 Å². The first kappa shape index (κ1) is 36.9. The Hall–Kier alpha value is -2.97. The third kappa shape index (κ3) is 11.6. The zero-order chi connectivity index (χ0) is 33.6. The van der Waals surface area contributed by atoms with E-state index in [1.165, 1.54) is 60.1 Å². The van der Waals surface area contributed by atoms with Crippen molar-refractivity contribution >= 4 is 28.8 Å². The van der Waals surface area contributed by atoms with Crippen LogP contribution in [0, 0.1) is 24.7 Å². The van der Waals surface area contributed by atoms with Gasteiger partial charge in [0.1, 0.15) is 5.78 Å². The molecule has 0 spiro atoms. The molecule has 0 bridgehead atoms. The highest BCUT2D eigenvalue weighted by Crippen LogP contribution is 2.31. The summed E-state index contributed by atoms with van der Waals surface area (Å²) in [4.78, 5) is 18.8. The topological polar surface area (TPSA) is 29.4 Å². The molecule has 0 aliphatic heterocycles. The Balaban J connectivity index is 1.54. The smallest absolute Gasteiger partial charge is 0.135 e. The van der Waals surface area contributed by atoms with Gasteiger partial charge in [0.25, 0.3) is 0 Å². The molecule has 1 fully saturated rings. The molecule has 0 heterocycles. The summed E-state index contributed by atoms with van der Waals surface area (Å²) in [6.07, 6.45) is 24.8. The van der Waals surface area contributed by atoms with Crippen molar-refractivity contribution in [3.05, 3.63) is 112 Å². The lowest BCUT2D eigenvalue weighted by molar-refractivity contribution is -0.124. The molecule has 252 valence electrons. The van der Waals surface area contributed by atoms with Crippen LogP contribution < -0.4 is 0 Å². The van der Waals surface area contributed by atoms with Gasteiger partial charge < -0.3 is 0 Å². The molecule has 0 N–H and O–H groups in total. The summed E-state index contributed by atoms with van der Waals surface area (Å²) in [5, 5.41) is 0.740. The van der Waals surface area contributed by atoms with Gasteiger partial charge in [-0.2, -0.15) is 0 Å². The highest BCUT2D eigenvalue weighted by Gasteiger charge is 2.24. The molecular weight excluding hydrogens is 594 g/mol. The summed E-state index contributed by atoms with van der Waals surface area (Å²) in [5.74, 6) is 1.41. The van der Waals surface area contributed by atoms with Crippen LogP contribution in [0.3, 0.4) is 0 Å². The average molecular weight is 652 g/mol. The Bertz CT molecular complexity index is 1450. The molecule has 2 atom stereocenters. The monoisotopic (exact) mass is 651 g/mol. The van der Waals surface area contributed by atoms with Crippen molar-refractivity contribution < 1.29 is 4.79 Å². The number of ketones is 1. The highest BCUT2D eigenvalue weighted by atomic mass is 35.5. The Morgan fingerprint density at radius 2 is 1.77 bits per heavy atom. The van der Waals surface area contributed by atoms with E-state index in [2.05, 4.69) is 95.0 Å². The van der Waals surface area contributed by atoms with Crippen molar-refractivity contribution in [3.63, 3.8) is 0 Å². The predicted molar refractivity (Wildman–Crippen MR) is 204 cm³/mol. The van der Waals surface area contributed by atoms with Gasteiger partial charge in [-0.15, -0.1) is 0 Å². The van der Waals surface area contributed by atoms with Gasteiger partial charge in [-0.25, -0.2) is 0 Å². The van der Waals surface area contributed by atoms with Crippen molar-refractivity contribution in [1.29, 1.82) is 0 Å². The van der Waals surface area contributed by atoms with Crippen LogP contribution in [-0.4, -0.2) is 11.5 Å². The van der Waals surface area contributed by atoms with Crippen LogP contribution in [0.2, 0.25) is 5.02 Å².